The van der Waals surface area contributed by atoms with Gasteiger partial charge in [0, 0.05) is 12.3 Å². The van der Waals surface area contributed by atoms with Crippen molar-refractivity contribution in [3.8, 4) is 5.75 Å². The Morgan fingerprint density at radius 2 is 1.93 bits per heavy atom. The smallest absolute Gasteiger partial charge is 0.191 e. The summed E-state index contributed by atoms with van der Waals surface area (Å²) in [4.78, 5) is 0. The lowest BCUT2D eigenvalue weighted by Gasteiger charge is -2.16. The molecular weight excluding hydrogens is 378 g/mol. The maximum atomic E-state index is 6.20. The van der Waals surface area contributed by atoms with Gasteiger partial charge in [-0.2, -0.15) is 0 Å². The number of benzene rings is 2. The van der Waals surface area contributed by atoms with Crippen molar-refractivity contribution in [2.24, 2.45) is 0 Å². The van der Waals surface area contributed by atoms with Gasteiger partial charge >= 0.3 is 0 Å². The largest absolute Gasteiger partial charge is 0.481 e. The van der Waals surface area contributed by atoms with Gasteiger partial charge in [0.15, 0.2) is 17.1 Å². The highest BCUT2D eigenvalue weighted by atomic mass is 35.5. The third kappa shape index (κ3) is 4.93. The van der Waals surface area contributed by atoms with Crippen LogP contribution in [-0.4, -0.2) is 14.8 Å². The molecule has 6 heteroatoms. The summed E-state index contributed by atoms with van der Waals surface area (Å²) in [5.41, 5.74) is 2.51. The molecule has 0 N–H and O–H groups in total. The monoisotopic (exact) mass is 399 g/mol. The normalized spacial score (nSPS) is 12.0. The second-order valence-electron chi connectivity index (χ2n) is 6.20. The van der Waals surface area contributed by atoms with E-state index in [9.17, 15) is 0 Å². The summed E-state index contributed by atoms with van der Waals surface area (Å²) in [5.74, 6) is 2.21. The molecule has 0 amide bonds. The summed E-state index contributed by atoms with van der Waals surface area (Å²) in [6, 6.07) is 15.9. The number of halogens is 1. The van der Waals surface area contributed by atoms with E-state index in [0.29, 0.717) is 17.3 Å². The number of aromatic nitrogens is 3. The second-order valence-corrected chi connectivity index (χ2v) is 7.55. The molecule has 4 nitrogen and oxygen atoms in total. The van der Waals surface area contributed by atoms with E-state index < -0.39 is 0 Å². The quantitative estimate of drug-likeness (QED) is 0.351. The molecule has 140 valence electrons. The van der Waals surface area contributed by atoms with Gasteiger partial charge in [-0.1, -0.05) is 71.4 Å². The molecule has 0 radical (unpaired) electrons. The lowest BCUT2D eigenvalue weighted by Crippen LogP contribution is -2.12. The second kappa shape index (κ2) is 9.11. The molecule has 2 aromatic carbocycles. The molecule has 0 aliphatic heterocycles. The van der Waals surface area contributed by atoms with Crippen molar-refractivity contribution in [3.05, 3.63) is 83.2 Å². The number of nitrogens with zero attached hydrogens (tertiary/aromatic N) is 3. The molecule has 0 bridgehead atoms. The minimum absolute atomic E-state index is 0.286. The van der Waals surface area contributed by atoms with Gasteiger partial charge < -0.3 is 4.74 Å². The van der Waals surface area contributed by atoms with Crippen LogP contribution in [-0.2, 0) is 12.3 Å². The average molecular weight is 400 g/mol. The van der Waals surface area contributed by atoms with Crippen LogP contribution in [0.2, 0.25) is 5.02 Å². The van der Waals surface area contributed by atoms with E-state index in [1.807, 2.05) is 35.8 Å². The van der Waals surface area contributed by atoms with Gasteiger partial charge in [-0.15, -0.1) is 16.8 Å². The highest BCUT2D eigenvalue weighted by Gasteiger charge is 2.19. The topological polar surface area (TPSA) is 39.9 Å². The Hall–Kier alpha value is -2.24. The Labute approximate surface area is 169 Å². The van der Waals surface area contributed by atoms with Gasteiger partial charge in [0.05, 0.1) is 5.02 Å². The first-order valence-corrected chi connectivity index (χ1v) is 10.1. The molecule has 0 aliphatic rings. The minimum Gasteiger partial charge on any atom is -0.481 e. The van der Waals surface area contributed by atoms with Crippen LogP contribution in [0.3, 0.4) is 0 Å². The molecule has 0 saturated heterocycles. The van der Waals surface area contributed by atoms with E-state index in [-0.39, 0.29) is 6.10 Å². The van der Waals surface area contributed by atoms with Crippen molar-refractivity contribution in [3.63, 3.8) is 0 Å². The third-order valence-electron chi connectivity index (χ3n) is 4.05. The number of aryl methyl sites for hydroxylation is 1. The summed E-state index contributed by atoms with van der Waals surface area (Å²) < 4.78 is 8.04. The predicted molar refractivity (Wildman–Crippen MR) is 111 cm³/mol. The van der Waals surface area contributed by atoms with Crippen LogP contribution < -0.4 is 4.74 Å². The molecule has 1 unspecified atom stereocenters. The van der Waals surface area contributed by atoms with Gasteiger partial charge in [0.1, 0.15) is 5.75 Å². The van der Waals surface area contributed by atoms with Crippen LogP contribution in [0.1, 0.15) is 30.0 Å². The van der Waals surface area contributed by atoms with E-state index in [1.165, 1.54) is 11.1 Å². The molecular formula is C21H22ClN3OS. The molecule has 1 aromatic heterocycles. The fraction of sp³-hybridized carbons (Fsp3) is 0.238. The molecule has 0 spiro atoms. The Morgan fingerprint density at radius 1 is 1.19 bits per heavy atom. The predicted octanol–water partition coefficient (Wildman–Crippen LogP) is 5.86. The fourth-order valence-electron chi connectivity index (χ4n) is 2.62. The first kappa shape index (κ1) is 19.5. The highest BCUT2D eigenvalue weighted by molar-refractivity contribution is 7.98. The molecule has 3 rings (SSSR count). The molecule has 0 fully saturated rings. The first-order valence-electron chi connectivity index (χ1n) is 8.72. The molecule has 0 aliphatic carbocycles. The third-order valence-corrected chi connectivity index (χ3v) is 5.40. The summed E-state index contributed by atoms with van der Waals surface area (Å²) in [6.45, 7) is 8.51. The zero-order valence-corrected chi connectivity index (χ0v) is 17.0. The van der Waals surface area contributed by atoms with E-state index in [0.717, 1.165) is 16.7 Å². The van der Waals surface area contributed by atoms with Crippen molar-refractivity contribution in [1.29, 1.82) is 0 Å². The van der Waals surface area contributed by atoms with Gasteiger partial charge in [0.2, 0.25) is 0 Å². The molecule has 1 atom stereocenters. The fourth-order valence-corrected chi connectivity index (χ4v) is 3.71. The Balaban J connectivity index is 1.76. The van der Waals surface area contributed by atoms with Crippen molar-refractivity contribution in [2.45, 2.75) is 37.4 Å². The van der Waals surface area contributed by atoms with Crippen molar-refractivity contribution in [1.82, 2.24) is 14.8 Å². The SMILES string of the molecule is C=CCn1c(SCc2ccc(C)cc2)nnc1C(C)Oc1ccccc1Cl. The van der Waals surface area contributed by atoms with Crippen LogP contribution in [0, 0.1) is 6.92 Å². The van der Waals surface area contributed by atoms with Crippen LogP contribution in [0.25, 0.3) is 0 Å². The summed E-state index contributed by atoms with van der Waals surface area (Å²) in [6.07, 6.45) is 1.55. The number of thioether (sulfide) groups is 1. The van der Waals surface area contributed by atoms with E-state index in [4.69, 9.17) is 16.3 Å². The van der Waals surface area contributed by atoms with Crippen molar-refractivity contribution in [2.75, 3.05) is 0 Å². The molecule has 27 heavy (non-hydrogen) atoms. The van der Waals surface area contributed by atoms with Crippen LogP contribution >= 0.6 is 23.4 Å². The standard InChI is InChI=1S/C21H22ClN3OS/c1-4-13-25-20(16(3)26-19-8-6-5-7-18(19)22)23-24-21(25)27-14-17-11-9-15(2)10-12-17/h4-12,16H,1,13-14H2,2-3H3. The number of hydrogen-bond acceptors (Lipinski definition) is 4. The van der Waals surface area contributed by atoms with E-state index in [2.05, 4.69) is 48.0 Å². The van der Waals surface area contributed by atoms with Gasteiger partial charge in [-0.25, -0.2) is 0 Å². The van der Waals surface area contributed by atoms with Crippen LogP contribution in [0.4, 0.5) is 0 Å². The van der Waals surface area contributed by atoms with Gasteiger partial charge in [0.25, 0.3) is 0 Å². The van der Waals surface area contributed by atoms with Crippen molar-refractivity contribution < 1.29 is 4.74 Å². The summed E-state index contributed by atoms with van der Waals surface area (Å²) in [7, 11) is 0. The number of para-hydroxylation sites is 1. The molecule has 3 aromatic rings. The maximum Gasteiger partial charge on any atom is 0.191 e. The summed E-state index contributed by atoms with van der Waals surface area (Å²) in [5, 5.41) is 10.2. The van der Waals surface area contributed by atoms with Gasteiger partial charge in [-0.3, -0.25) is 4.57 Å². The average Bonchev–Trinajstić information content (AvgIpc) is 3.06. The van der Waals surface area contributed by atoms with E-state index >= 15 is 0 Å². The van der Waals surface area contributed by atoms with Crippen LogP contribution in [0.15, 0.2) is 66.3 Å². The Kier molecular flexibility index (Phi) is 6.58. The van der Waals surface area contributed by atoms with Crippen LogP contribution in [0.5, 0.6) is 5.75 Å². The lowest BCUT2D eigenvalue weighted by atomic mass is 10.2. The maximum absolute atomic E-state index is 6.20. The number of rotatable bonds is 8. The summed E-state index contributed by atoms with van der Waals surface area (Å²) >= 11 is 7.86. The number of ether oxygens (including phenoxy) is 1. The highest BCUT2D eigenvalue weighted by Crippen LogP contribution is 2.30. The molecule has 1 heterocycles. The Bertz CT molecular complexity index is 908. The van der Waals surface area contributed by atoms with Crippen molar-refractivity contribution >= 4 is 23.4 Å². The minimum atomic E-state index is -0.286. The number of allylic oxidation sites excluding steroid dienone is 1. The Morgan fingerprint density at radius 3 is 2.63 bits per heavy atom. The van der Waals surface area contributed by atoms with Gasteiger partial charge in [-0.05, 0) is 31.5 Å². The zero-order valence-electron chi connectivity index (χ0n) is 15.4. The molecule has 0 saturated carbocycles. The number of hydrogen-bond donors (Lipinski definition) is 0. The zero-order chi connectivity index (χ0) is 19.2. The lowest BCUT2D eigenvalue weighted by molar-refractivity contribution is 0.210. The van der Waals surface area contributed by atoms with E-state index in [1.54, 1.807) is 17.8 Å². The first-order chi connectivity index (χ1) is 13.1.